The maximum atomic E-state index is 12.6. The molecule has 0 saturated carbocycles. The highest BCUT2D eigenvalue weighted by atomic mass is 16.6. The van der Waals surface area contributed by atoms with Gasteiger partial charge in [-0.2, -0.15) is 0 Å². The standard InChI is InChI=1S/C19H29NO3/c1-5-20(18(21)23-19(2,3)4)16(17-12-9-13-22-17)14-15-10-7-6-8-11-15/h6-8,10-11,16-17H,5,9,12-14H2,1-4H3. The maximum Gasteiger partial charge on any atom is 0.410 e. The molecule has 0 aromatic heterocycles. The van der Waals surface area contributed by atoms with E-state index in [-0.39, 0.29) is 18.2 Å². The molecular formula is C19H29NO3. The Hall–Kier alpha value is -1.55. The number of amides is 1. The molecule has 1 heterocycles. The largest absolute Gasteiger partial charge is 0.444 e. The van der Waals surface area contributed by atoms with E-state index in [2.05, 4.69) is 12.1 Å². The summed E-state index contributed by atoms with van der Waals surface area (Å²) in [4.78, 5) is 14.5. The molecule has 23 heavy (non-hydrogen) atoms. The molecule has 0 aliphatic carbocycles. The number of hydrogen-bond donors (Lipinski definition) is 0. The van der Waals surface area contributed by atoms with Crippen LogP contribution in [0.3, 0.4) is 0 Å². The summed E-state index contributed by atoms with van der Waals surface area (Å²) in [6, 6.07) is 10.3. The number of carbonyl (C=O) groups is 1. The molecule has 1 fully saturated rings. The zero-order valence-corrected chi connectivity index (χ0v) is 14.7. The Bertz CT molecular complexity index is 489. The smallest absolute Gasteiger partial charge is 0.410 e. The average Bonchev–Trinajstić information content (AvgIpc) is 3.00. The molecule has 1 aromatic carbocycles. The van der Waals surface area contributed by atoms with E-state index >= 15 is 0 Å². The third-order valence-corrected chi connectivity index (χ3v) is 4.05. The van der Waals surface area contributed by atoms with Crippen LogP contribution < -0.4 is 0 Å². The van der Waals surface area contributed by atoms with E-state index in [1.165, 1.54) is 5.56 Å². The summed E-state index contributed by atoms with van der Waals surface area (Å²) in [7, 11) is 0. The van der Waals surface area contributed by atoms with Crippen LogP contribution in [0.1, 0.15) is 46.1 Å². The van der Waals surface area contributed by atoms with Crippen LogP contribution in [0.15, 0.2) is 30.3 Å². The normalized spacial score (nSPS) is 19.4. The van der Waals surface area contributed by atoms with Crippen LogP contribution in [-0.4, -0.2) is 41.9 Å². The van der Waals surface area contributed by atoms with Gasteiger partial charge in [-0.15, -0.1) is 0 Å². The second-order valence-electron chi connectivity index (χ2n) is 7.07. The third-order valence-electron chi connectivity index (χ3n) is 4.05. The Morgan fingerprint density at radius 3 is 2.57 bits per heavy atom. The first kappa shape index (κ1) is 17.8. The van der Waals surface area contributed by atoms with E-state index in [0.717, 1.165) is 25.9 Å². The van der Waals surface area contributed by atoms with Crippen molar-refractivity contribution in [3.05, 3.63) is 35.9 Å². The highest BCUT2D eigenvalue weighted by Gasteiger charge is 2.35. The molecule has 0 bridgehead atoms. The second-order valence-corrected chi connectivity index (χ2v) is 7.07. The predicted octanol–water partition coefficient (Wildman–Crippen LogP) is 4.03. The summed E-state index contributed by atoms with van der Waals surface area (Å²) in [5.41, 5.74) is 0.730. The number of nitrogens with zero attached hydrogens (tertiary/aromatic N) is 1. The van der Waals surface area contributed by atoms with Gasteiger partial charge in [-0.25, -0.2) is 4.79 Å². The van der Waals surface area contributed by atoms with Gasteiger partial charge in [-0.05, 0) is 52.5 Å². The first-order chi connectivity index (χ1) is 10.9. The van der Waals surface area contributed by atoms with Crippen molar-refractivity contribution in [2.24, 2.45) is 0 Å². The summed E-state index contributed by atoms with van der Waals surface area (Å²) < 4.78 is 11.5. The van der Waals surface area contributed by atoms with Gasteiger partial charge >= 0.3 is 6.09 Å². The van der Waals surface area contributed by atoms with Crippen LogP contribution in [0.25, 0.3) is 0 Å². The van der Waals surface area contributed by atoms with Crippen molar-refractivity contribution >= 4 is 6.09 Å². The molecule has 0 N–H and O–H groups in total. The molecule has 4 nitrogen and oxygen atoms in total. The number of hydrogen-bond acceptors (Lipinski definition) is 3. The van der Waals surface area contributed by atoms with Crippen molar-refractivity contribution in [1.29, 1.82) is 0 Å². The lowest BCUT2D eigenvalue weighted by atomic mass is 9.98. The van der Waals surface area contributed by atoms with Crippen molar-refractivity contribution in [3.8, 4) is 0 Å². The summed E-state index contributed by atoms with van der Waals surface area (Å²) >= 11 is 0. The van der Waals surface area contributed by atoms with E-state index in [1.807, 2.05) is 50.8 Å². The Morgan fingerprint density at radius 2 is 2.04 bits per heavy atom. The molecule has 0 radical (unpaired) electrons. The van der Waals surface area contributed by atoms with E-state index in [9.17, 15) is 4.79 Å². The molecule has 1 aliphatic heterocycles. The Labute approximate surface area is 139 Å². The number of carbonyl (C=O) groups excluding carboxylic acids is 1. The lowest BCUT2D eigenvalue weighted by Crippen LogP contribution is -2.49. The minimum absolute atomic E-state index is 0.0137. The van der Waals surface area contributed by atoms with Crippen LogP contribution in [0, 0.1) is 0 Å². The molecule has 2 unspecified atom stereocenters. The number of benzene rings is 1. The zero-order valence-electron chi connectivity index (χ0n) is 14.7. The van der Waals surface area contributed by atoms with E-state index in [4.69, 9.17) is 9.47 Å². The van der Waals surface area contributed by atoms with Gasteiger partial charge in [0.1, 0.15) is 5.60 Å². The first-order valence-electron chi connectivity index (χ1n) is 8.56. The van der Waals surface area contributed by atoms with Crippen molar-refractivity contribution in [2.75, 3.05) is 13.2 Å². The Morgan fingerprint density at radius 1 is 1.35 bits per heavy atom. The molecule has 1 amide bonds. The molecule has 2 rings (SSSR count). The fourth-order valence-electron chi connectivity index (χ4n) is 3.02. The van der Waals surface area contributed by atoms with Crippen molar-refractivity contribution in [3.63, 3.8) is 0 Å². The van der Waals surface area contributed by atoms with Crippen LogP contribution in [0.5, 0.6) is 0 Å². The van der Waals surface area contributed by atoms with Crippen molar-refractivity contribution < 1.29 is 14.3 Å². The Balaban J connectivity index is 2.18. The number of ether oxygens (including phenoxy) is 2. The monoisotopic (exact) mass is 319 g/mol. The van der Waals surface area contributed by atoms with E-state index in [1.54, 1.807) is 0 Å². The molecule has 128 valence electrons. The third kappa shape index (κ3) is 5.24. The van der Waals surface area contributed by atoms with Gasteiger partial charge in [-0.3, -0.25) is 0 Å². The van der Waals surface area contributed by atoms with E-state index < -0.39 is 5.60 Å². The summed E-state index contributed by atoms with van der Waals surface area (Å²) in [6.07, 6.45) is 2.68. The van der Waals surface area contributed by atoms with Gasteiger partial charge in [0, 0.05) is 13.2 Å². The summed E-state index contributed by atoms with van der Waals surface area (Å²) in [5, 5.41) is 0. The van der Waals surface area contributed by atoms with Gasteiger partial charge in [0.05, 0.1) is 12.1 Å². The van der Waals surface area contributed by atoms with Gasteiger partial charge in [0.25, 0.3) is 0 Å². The van der Waals surface area contributed by atoms with Gasteiger partial charge in [0.15, 0.2) is 0 Å². The second kappa shape index (κ2) is 7.82. The van der Waals surface area contributed by atoms with Crippen molar-refractivity contribution in [2.45, 2.75) is 64.7 Å². The Kier molecular flexibility index (Phi) is 6.05. The average molecular weight is 319 g/mol. The summed E-state index contributed by atoms with van der Waals surface area (Å²) in [5.74, 6) is 0. The minimum atomic E-state index is -0.488. The van der Waals surface area contributed by atoms with Crippen LogP contribution in [-0.2, 0) is 15.9 Å². The zero-order chi connectivity index (χ0) is 16.9. The minimum Gasteiger partial charge on any atom is -0.444 e. The lowest BCUT2D eigenvalue weighted by Gasteiger charge is -2.35. The molecule has 1 saturated heterocycles. The van der Waals surface area contributed by atoms with Gasteiger partial charge in [-0.1, -0.05) is 30.3 Å². The fourth-order valence-corrected chi connectivity index (χ4v) is 3.02. The highest BCUT2D eigenvalue weighted by Crippen LogP contribution is 2.24. The quantitative estimate of drug-likeness (QED) is 0.822. The number of likely N-dealkylation sites (N-methyl/N-ethyl adjacent to an activating group) is 1. The van der Waals surface area contributed by atoms with Gasteiger partial charge in [0.2, 0.25) is 0 Å². The SMILES string of the molecule is CCN(C(=O)OC(C)(C)C)C(Cc1ccccc1)C1CCCO1. The predicted molar refractivity (Wildman–Crippen MR) is 91.5 cm³/mol. The fraction of sp³-hybridized carbons (Fsp3) is 0.632. The maximum absolute atomic E-state index is 12.6. The van der Waals surface area contributed by atoms with Crippen LogP contribution in [0.2, 0.25) is 0 Å². The van der Waals surface area contributed by atoms with Crippen LogP contribution >= 0.6 is 0 Å². The molecule has 4 heteroatoms. The molecular weight excluding hydrogens is 290 g/mol. The molecule has 1 aromatic rings. The lowest BCUT2D eigenvalue weighted by molar-refractivity contribution is -0.0112. The molecule has 2 atom stereocenters. The van der Waals surface area contributed by atoms with E-state index in [0.29, 0.717) is 6.54 Å². The van der Waals surface area contributed by atoms with Crippen LogP contribution in [0.4, 0.5) is 4.79 Å². The number of rotatable bonds is 5. The first-order valence-corrected chi connectivity index (χ1v) is 8.56. The van der Waals surface area contributed by atoms with Gasteiger partial charge < -0.3 is 14.4 Å². The molecule has 1 aliphatic rings. The summed E-state index contributed by atoms with van der Waals surface area (Å²) in [6.45, 7) is 9.09. The topological polar surface area (TPSA) is 38.8 Å². The highest BCUT2D eigenvalue weighted by molar-refractivity contribution is 5.68. The molecule has 0 spiro atoms. The van der Waals surface area contributed by atoms with Crippen molar-refractivity contribution in [1.82, 2.24) is 4.90 Å².